The fraction of sp³-hybridized carbons (Fsp3) is 0.0182. The molecule has 0 unspecified atom stereocenters. The molecule has 9 aromatic carbocycles. The lowest BCUT2D eigenvalue weighted by molar-refractivity contribution is 1.28. The van der Waals surface area contributed by atoms with Crippen LogP contribution in [0.5, 0.6) is 0 Å². The number of nitrogens with zero attached hydrogens (tertiary/aromatic N) is 2. The van der Waals surface area contributed by atoms with Gasteiger partial charge >= 0.3 is 0 Å². The highest BCUT2D eigenvalue weighted by molar-refractivity contribution is 5.99. The van der Waals surface area contributed by atoms with Crippen molar-refractivity contribution < 1.29 is 0 Å². The van der Waals surface area contributed by atoms with Crippen molar-refractivity contribution in [3.8, 4) is 22.3 Å². The molecule has 0 aliphatic heterocycles. The molecular formula is C55H42N2. The van der Waals surface area contributed by atoms with Gasteiger partial charge in [-0.15, -0.1) is 0 Å². The first-order valence-corrected chi connectivity index (χ1v) is 19.5. The first kappa shape index (κ1) is 35.3. The monoisotopic (exact) mass is 730 g/mol. The molecule has 0 spiro atoms. The predicted octanol–water partition coefficient (Wildman–Crippen LogP) is 15.6. The molecule has 0 radical (unpaired) electrons. The second kappa shape index (κ2) is 16.1. The summed E-state index contributed by atoms with van der Waals surface area (Å²) in [5.74, 6) is 0. The molecule has 0 saturated carbocycles. The van der Waals surface area contributed by atoms with Gasteiger partial charge in [-0.25, -0.2) is 0 Å². The molecule has 0 aromatic heterocycles. The third-order valence-electron chi connectivity index (χ3n) is 10.5. The van der Waals surface area contributed by atoms with E-state index in [-0.39, 0.29) is 0 Å². The van der Waals surface area contributed by atoms with Crippen LogP contribution in [-0.2, 0) is 0 Å². The normalized spacial score (nSPS) is 11.2. The number of hydrogen-bond donors (Lipinski definition) is 0. The van der Waals surface area contributed by atoms with Crippen LogP contribution in [0.25, 0.3) is 45.2 Å². The molecule has 0 aliphatic rings. The maximum Gasteiger partial charge on any atom is 0.0540 e. The van der Waals surface area contributed by atoms with E-state index < -0.39 is 0 Å². The molecule has 0 atom stereocenters. The summed E-state index contributed by atoms with van der Waals surface area (Å²) in [6.07, 6.45) is 4.36. The number of benzene rings is 9. The van der Waals surface area contributed by atoms with Crippen molar-refractivity contribution in [3.05, 3.63) is 241 Å². The Morgan fingerprint density at radius 3 is 1.25 bits per heavy atom. The summed E-state index contributed by atoms with van der Waals surface area (Å²) in [4.78, 5) is 4.65. The highest BCUT2D eigenvalue weighted by Gasteiger charge is 2.16. The van der Waals surface area contributed by atoms with Crippen LogP contribution >= 0.6 is 0 Å². The zero-order valence-electron chi connectivity index (χ0n) is 31.9. The molecule has 2 heteroatoms. The Morgan fingerprint density at radius 2 is 0.719 bits per heavy atom. The Kier molecular flexibility index (Phi) is 9.99. The molecule has 0 amide bonds. The van der Waals surface area contributed by atoms with Crippen molar-refractivity contribution in [1.82, 2.24) is 0 Å². The average Bonchev–Trinajstić information content (AvgIpc) is 3.28. The maximum atomic E-state index is 2.36. The lowest BCUT2D eigenvalue weighted by Crippen LogP contribution is -2.10. The molecule has 0 saturated heterocycles. The van der Waals surface area contributed by atoms with Crippen LogP contribution in [0.4, 0.5) is 34.1 Å². The molecule has 2 nitrogen and oxygen atoms in total. The fourth-order valence-corrected chi connectivity index (χ4v) is 7.57. The highest BCUT2D eigenvalue weighted by atomic mass is 15.1. The quantitative estimate of drug-likeness (QED) is 0.129. The lowest BCUT2D eigenvalue weighted by Gasteiger charge is -2.27. The SMILES string of the molecule is Cc1cccc(N(c2ccc(-c3ccc(/C=C/c4ccc(-c5ccc(N(c6ccccc6)c6ccccc6)cc5)cc4)cc3)cc2)c2cccc3ccccc23)c1. The Morgan fingerprint density at radius 1 is 0.316 bits per heavy atom. The summed E-state index contributed by atoms with van der Waals surface area (Å²) < 4.78 is 0. The zero-order chi connectivity index (χ0) is 38.4. The van der Waals surface area contributed by atoms with E-state index in [1.54, 1.807) is 0 Å². The van der Waals surface area contributed by atoms with Crippen LogP contribution in [0.15, 0.2) is 224 Å². The van der Waals surface area contributed by atoms with Crippen LogP contribution in [0.2, 0.25) is 0 Å². The molecular weight excluding hydrogens is 689 g/mol. The minimum Gasteiger partial charge on any atom is -0.311 e. The van der Waals surface area contributed by atoms with E-state index >= 15 is 0 Å². The number of para-hydroxylation sites is 2. The van der Waals surface area contributed by atoms with Gasteiger partial charge in [0, 0.05) is 33.8 Å². The topological polar surface area (TPSA) is 6.48 Å². The molecule has 9 aromatic rings. The van der Waals surface area contributed by atoms with Crippen molar-refractivity contribution in [1.29, 1.82) is 0 Å². The molecule has 57 heavy (non-hydrogen) atoms. The average molecular weight is 731 g/mol. The second-order valence-corrected chi connectivity index (χ2v) is 14.4. The van der Waals surface area contributed by atoms with Crippen molar-refractivity contribution in [2.24, 2.45) is 0 Å². The number of rotatable bonds is 10. The van der Waals surface area contributed by atoms with E-state index in [0.29, 0.717) is 0 Å². The highest BCUT2D eigenvalue weighted by Crippen LogP contribution is 2.40. The third-order valence-corrected chi connectivity index (χ3v) is 10.5. The van der Waals surface area contributed by atoms with Crippen LogP contribution in [0, 0.1) is 6.92 Å². The lowest BCUT2D eigenvalue weighted by atomic mass is 10.0. The first-order valence-electron chi connectivity index (χ1n) is 19.5. The van der Waals surface area contributed by atoms with E-state index in [0.717, 1.165) is 34.0 Å². The Bertz CT molecular complexity index is 2710. The zero-order valence-corrected chi connectivity index (χ0v) is 31.9. The third kappa shape index (κ3) is 7.76. The molecule has 0 heterocycles. The van der Waals surface area contributed by atoms with Crippen LogP contribution in [-0.4, -0.2) is 0 Å². The van der Waals surface area contributed by atoms with Crippen molar-refractivity contribution in [3.63, 3.8) is 0 Å². The van der Waals surface area contributed by atoms with Crippen LogP contribution in [0.1, 0.15) is 16.7 Å². The minimum atomic E-state index is 1.13. The second-order valence-electron chi connectivity index (χ2n) is 14.4. The first-order chi connectivity index (χ1) is 28.2. The molecule has 9 rings (SSSR count). The van der Waals surface area contributed by atoms with Gasteiger partial charge in [-0.1, -0.05) is 170 Å². The van der Waals surface area contributed by atoms with Crippen molar-refractivity contribution in [2.45, 2.75) is 6.92 Å². The van der Waals surface area contributed by atoms with Gasteiger partial charge < -0.3 is 9.80 Å². The van der Waals surface area contributed by atoms with Gasteiger partial charge in [-0.3, -0.25) is 0 Å². The van der Waals surface area contributed by atoms with E-state index in [4.69, 9.17) is 0 Å². The minimum absolute atomic E-state index is 1.13. The molecule has 272 valence electrons. The predicted molar refractivity (Wildman–Crippen MR) is 244 cm³/mol. The van der Waals surface area contributed by atoms with Crippen molar-refractivity contribution >= 4 is 57.0 Å². The smallest absolute Gasteiger partial charge is 0.0540 e. The van der Waals surface area contributed by atoms with Crippen molar-refractivity contribution in [2.75, 3.05) is 9.80 Å². The standard InChI is InChI=1S/C55H42N2/c1-41-12-10-19-53(40-41)57(55-21-11-14-48-13-8-9-20-54(48)55)52-38-34-47(35-39-52)45-30-26-43(27-31-45)23-22-42-24-28-44(29-25-42)46-32-36-51(37-33-46)56(49-15-4-2-5-16-49)50-17-6-3-7-18-50/h2-40H,1H3/b23-22+. The largest absolute Gasteiger partial charge is 0.311 e. The summed E-state index contributed by atoms with van der Waals surface area (Å²) >= 11 is 0. The Balaban J connectivity index is 0.893. The number of aryl methyl sites for hydroxylation is 1. The van der Waals surface area contributed by atoms with E-state index in [2.05, 4.69) is 253 Å². The summed E-state index contributed by atoms with van der Waals surface area (Å²) in [6.45, 7) is 2.15. The van der Waals surface area contributed by atoms with E-state index in [1.165, 1.54) is 49.8 Å². The van der Waals surface area contributed by atoms with Gasteiger partial charge in [0.25, 0.3) is 0 Å². The number of fused-ring (bicyclic) bond motifs is 1. The number of anilines is 6. The summed E-state index contributed by atoms with van der Waals surface area (Å²) in [5.41, 5.74) is 15.2. The molecule has 0 N–H and O–H groups in total. The van der Waals surface area contributed by atoms with E-state index in [9.17, 15) is 0 Å². The van der Waals surface area contributed by atoms with Gasteiger partial charge in [0.05, 0.1) is 5.69 Å². The summed E-state index contributed by atoms with van der Waals surface area (Å²) in [6, 6.07) is 80.2. The van der Waals surface area contributed by atoms with Crippen LogP contribution < -0.4 is 9.80 Å². The molecule has 0 aliphatic carbocycles. The number of hydrogen-bond acceptors (Lipinski definition) is 2. The summed E-state index contributed by atoms with van der Waals surface area (Å²) in [7, 11) is 0. The Labute approximate surface area is 335 Å². The van der Waals surface area contributed by atoms with E-state index in [1.807, 2.05) is 0 Å². The molecule has 0 bridgehead atoms. The van der Waals surface area contributed by atoms with Gasteiger partial charge in [0.1, 0.15) is 0 Å². The maximum absolute atomic E-state index is 2.36. The fourth-order valence-electron chi connectivity index (χ4n) is 7.57. The summed E-state index contributed by atoms with van der Waals surface area (Å²) in [5, 5.41) is 2.46. The van der Waals surface area contributed by atoms with Gasteiger partial charge in [-0.2, -0.15) is 0 Å². The van der Waals surface area contributed by atoms with Crippen LogP contribution in [0.3, 0.4) is 0 Å². The van der Waals surface area contributed by atoms with Gasteiger partial charge in [-0.05, 0) is 118 Å². The van der Waals surface area contributed by atoms with Gasteiger partial charge in [0.2, 0.25) is 0 Å². The molecule has 0 fully saturated rings. The van der Waals surface area contributed by atoms with Gasteiger partial charge in [0.15, 0.2) is 0 Å². The Hall–Kier alpha value is -7.42.